The monoisotopic (exact) mass is 435 g/mol. The number of carboxylic acid groups (broad SMARTS) is 1. The van der Waals surface area contributed by atoms with E-state index in [1.54, 1.807) is 6.26 Å². The van der Waals surface area contributed by atoms with Gasteiger partial charge in [0.2, 0.25) is 23.6 Å². The van der Waals surface area contributed by atoms with Crippen LogP contribution in [0.25, 0.3) is 0 Å². The molecule has 9 N–H and O–H groups in total. The minimum absolute atomic E-state index is 0.00673. The summed E-state index contributed by atoms with van der Waals surface area (Å²) >= 11 is 1.42. The largest absolute Gasteiger partial charge is 0.480 e. The number of nitrogens with two attached hydrogens (primary N) is 2. The molecule has 12 nitrogen and oxygen atoms in total. The maximum Gasteiger partial charge on any atom is 0.325 e. The highest BCUT2D eigenvalue weighted by molar-refractivity contribution is 7.98. The number of hydrogen-bond donors (Lipinski definition) is 7. The Labute approximate surface area is 172 Å². The third kappa shape index (κ3) is 10.7. The summed E-state index contributed by atoms with van der Waals surface area (Å²) in [6.45, 7) is 0.455. The number of nitrogens with one attached hydrogen (secondary N) is 3. The Kier molecular flexibility index (Phi) is 12.6. The van der Waals surface area contributed by atoms with Crippen LogP contribution in [0.2, 0.25) is 0 Å². The molecule has 0 aromatic carbocycles. The van der Waals surface area contributed by atoms with E-state index in [4.69, 9.17) is 16.6 Å². The van der Waals surface area contributed by atoms with E-state index in [1.807, 2.05) is 0 Å². The number of aliphatic hydroxyl groups excluding tert-OH is 1. The van der Waals surface area contributed by atoms with E-state index in [0.29, 0.717) is 5.75 Å². The average Bonchev–Trinajstić information content (AvgIpc) is 2.66. The van der Waals surface area contributed by atoms with Gasteiger partial charge in [0.25, 0.3) is 0 Å². The fraction of sp³-hybridized carbons (Fsp3) is 0.688. The molecule has 0 aromatic heterocycles. The van der Waals surface area contributed by atoms with Crippen molar-refractivity contribution in [3.63, 3.8) is 0 Å². The fourth-order valence-electron chi connectivity index (χ4n) is 2.05. The number of primary amides is 1. The second kappa shape index (κ2) is 13.7. The Balaban J connectivity index is 5.03. The summed E-state index contributed by atoms with van der Waals surface area (Å²) in [6, 6.07) is -4.72. The minimum atomic E-state index is -1.40. The molecule has 0 rings (SSSR count). The van der Waals surface area contributed by atoms with Gasteiger partial charge in [-0.05, 0) is 31.8 Å². The fourth-order valence-corrected chi connectivity index (χ4v) is 2.53. The molecule has 0 spiro atoms. The molecule has 0 saturated heterocycles. The molecule has 0 saturated carbocycles. The van der Waals surface area contributed by atoms with Crippen LogP contribution in [0, 0.1) is 0 Å². The van der Waals surface area contributed by atoms with Crippen molar-refractivity contribution in [2.24, 2.45) is 11.5 Å². The number of carbonyl (C=O) groups excluding carboxylic acids is 4. The molecule has 0 heterocycles. The quantitative estimate of drug-likeness (QED) is 0.147. The van der Waals surface area contributed by atoms with E-state index in [1.165, 1.54) is 18.7 Å². The van der Waals surface area contributed by atoms with Crippen LogP contribution in [0.4, 0.5) is 0 Å². The molecule has 0 bridgehead atoms. The first kappa shape index (κ1) is 26.6. The third-order valence-electron chi connectivity index (χ3n) is 3.83. The summed E-state index contributed by atoms with van der Waals surface area (Å²) in [6.07, 6.45) is 1.93. The molecule has 0 aliphatic carbocycles. The van der Waals surface area contributed by atoms with E-state index >= 15 is 0 Å². The van der Waals surface area contributed by atoms with Crippen molar-refractivity contribution in [1.29, 1.82) is 0 Å². The molecule has 4 amide bonds. The first-order valence-corrected chi connectivity index (χ1v) is 10.2. The lowest BCUT2D eigenvalue weighted by Gasteiger charge is -2.23. The number of thioether (sulfide) groups is 1. The molecule has 4 unspecified atom stereocenters. The van der Waals surface area contributed by atoms with E-state index in [2.05, 4.69) is 16.0 Å². The van der Waals surface area contributed by atoms with Gasteiger partial charge in [-0.15, -0.1) is 0 Å². The number of rotatable bonds is 14. The van der Waals surface area contributed by atoms with Gasteiger partial charge in [0.15, 0.2) is 0 Å². The predicted octanol–water partition coefficient (Wildman–Crippen LogP) is -3.12. The summed E-state index contributed by atoms with van der Waals surface area (Å²) in [5.41, 5.74) is 10.7. The number of hydrogen-bond acceptors (Lipinski definition) is 8. The lowest BCUT2D eigenvalue weighted by molar-refractivity contribution is -0.142. The van der Waals surface area contributed by atoms with Crippen molar-refractivity contribution in [3.05, 3.63) is 0 Å². The van der Waals surface area contributed by atoms with E-state index in [9.17, 15) is 29.1 Å². The van der Waals surface area contributed by atoms with Crippen LogP contribution < -0.4 is 27.4 Å². The Morgan fingerprint density at radius 2 is 1.52 bits per heavy atom. The van der Waals surface area contributed by atoms with Crippen LogP contribution in [0.3, 0.4) is 0 Å². The third-order valence-corrected chi connectivity index (χ3v) is 4.47. The standard InChI is InChI=1S/C16H29N5O7S/c1-8(16(27)28)19-15(26)11(7-22)21-14(25)10(5-6-29-2)20-13(24)9(17)3-4-12(18)23/h8-11,22H,3-7,17H2,1-2H3,(H2,18,23)(H,19,26)(H,20,24)(H,21,25)(H,27,28). The Hall–Kier alpha value is -2.38. The van der Waals surface area contributed by atoms with Gasteiger partial charge in [0, 0.05) is 6.42 Å². The van der Waals surface area contributed by atoms with Crippen molar-refractivity contribution >= 4 is 41.4 Å². The van der Waals surface area contributed by atoms with Crippen molar-refractivity contribution < 1.29 is 34.2 Å². The number of carbonyl (C=O) groups is 5. The van der Waals surface area contributed by atoms with Gasteiger partial charge in [-0.2, -0.15) is 11.8 Å². The van der Waals surface area contributed by atoms with Gasteiger partial charge >= 0.3 is 5.97 Å². The maximum absolute atomic E-state index is 12.5. The number of aliphatic carboxylic acids is 1. The lowest BCUT2D eigenvalue weighted by atomic mass is 10.1. The molecule has 29 heavy (non-hydrogen) atoms. The zero-order chi connectivity index (χ0) is 22.6. The zero-order valence-corrected chi connectivity index (χ0v) is 17.2. The van der Waals surface area contributed by atoms with E-state index < -0.39 is 60.4 Å². The van der Waals surface area contributed by atoms with Crippen molar-refractivity contribution in [2.45, 2.75) is 50.4 Å². The topological polar surface area (TPSA) is 214 Å². The van der Waals surface area contributed by atoms with Crippen LogP contribution >= 0.6 is 11.8 Å². The molecule has 0 aliphatic rings. The van der Waals surface area contributed by atoms with Crippen molar-refractivity contribution in [1.82, 2.24) is 16.0 Å². The van der Waals surface area contributed by atoms with Gasteiger partial charge in [-0.25, -0.2) is 0 Å². The SMILES string of the molecule is CSCCC(NC(=O)C(N)CCC(N)=O)C(=O)NC(CO)C(=O)NC(C)C(=O)O. The van der Waals surface area contributed by atoms with Gasteiger partial charge in [0.05, 0.1) is 12.6 Å². The predicted molar refractivity (Wildman–Crippen MR) is 106 cm³/mol. The maximum atomic E-state index is 12.5. The molecule has 0 aliphatic heterocycles. The van der Waals surface area contributed by atoms with Gasteiger partial charge < -0.3 is 37.6 Å². The Bertz CT molecular complexity index is 604. The number of aliphatic hydroxyl groups is 1. The van der Waals surface area contributed by atoms with Crippen LogP contribution in [-0.4, -0.2) is 82.6 Å². The first-order valence-electron chi connectivity index (χ1n) is 8.81. The summed E-state index contributed by atoms with van der Waals surface area (Å²) in [4.78, 5) is 58.3. The Morgan fingerprint density at radius 1 is 0.966 bits per heavy atom. The van der Waals surface area contributed by atoms with E-state index in [-0.39, 0.29) is 19.3 Å². The van der Waals surface area contributed by atoms with E-state index in [0.717, 1.165) is 0 Å². The highest BCUT2D eigenvalue weighted by Gasteiger charge is 2.28. The molecule has 0 aromatic rings. The summed E-state index contributed by atoms with van der Waals surface area (Å²) in [7, 11) is 0. The zero-order valence-electron chi connectivity index (χ0n) is 16.3. The number of carboxylic acids is 1. The van der Waals surface area contributed by atoms with Gasteiger partial charge in [0.1, 0.15) is 18.1 Å². The van der Waals surface area contributed by atoms with Crippen LogP contribution in [0.5, 0.6) is 0 Å². The smallest absolute Gasteiger partial charge is 0.325 e. The molecule has 166 valence electrons. The van der Waals surface area contributed by atoms with Gasteiger partial charge in [-0.1, -0.05) is 0 Å². The number of amides is 4. The second-order valence-electron chi connectivity index (χ2n) is 6.27. The van der Waals surface area contributed by atoms with Crippen molar-refractivity contribution in [3.8, 4) is 0 Å². The average molecular weight is 436 g/mol. The normalized spacial score (nSPS) is 14.8. The molecular formula is C16H29N5O7S. The summed E-state index contributed by atoms with van der Waals surface area (Å²) in [5.74, 6) is -3.69. The van der Waals surface area contributed by atoms with Crippen LogP contribution in [0.1, 0.15) is 26.2 Å². The van der Waals surface area contributed by atoms with Crippen molar-refractivity contribution in [2.75, 3.05) is 18.6 Å². The molecule has 0 radical (unpaired) electrons. The molecular weight excluding hydrogens is 406 g/mol. The minimum Gasteiger partial charge on any atom is -0.480 e. The van der Waals surface area contributed by atoms with Gasteiger partial charge in [-0.3, -0.25) is 24.0 Å². The molecule has 13 heteroatoms. The van der Waals surface area contributed by atoms with Crippen LogP contribution in [-0.2, 0) is 24.0 Å². The highest BCUT2D eigenvalue weighted by atomic mass is 32.2. The summed E-state index contributed by atoms with van der Waals surface area (Å²) < 4.78 is 0. The Morgan fingerprint density at radius 3 is 2.00 bits per heavy atom. The first-order chi connectivity index (χ1) is 13.5. The lowest BCUT2D eigenvalue weighted by Crippen LogP contribution is -2.58. The second-order valence-corrected chi connectivity index (χ2v) is 7.25. The summed E-state index contributed by atoms with van der Waals surface area (Å²) in [5, 5.41) is 25.1. The highest BCUT2D eigenvalue weighted by Crippen LogP contribution is 2.04. The van der Waals surface area contributed by atoms with Crippen LogP contribution in [0.15, 0.2) is 0 Å². The molecule has 4 atom stereocenters. The molecule has 0 fully saturated rings.